The fourth-order valence-corrected chi connectivity index (χ4v) is 3.40. The van der Waals surface area contributed by atoms with Crippen molar-refractivity contribution in [2.75, 3.05) is 44.7 Å². The normalized spacial score (nSPS) is 11.3. The van der Waals surface area contributed by atoms with E-state index in [1.807, 2.05) is 35.2 Å². The summed E-state index contributed by atoms with van der Waals surface area (Å²) in [6, 6.07) is 13.2. The molecule has 29 heavy (non-hydrogen) atoms. The Morgan fingerprint density at radius 2 is 1.66 bits per heavy atom. The van der Waals surface area contributed by atoms with Crippen LogP contribution in [0.15, 0.2) is 42.5 Å². The number of para-hydroxylation sites is 1. The van der Waals surface area contributed by atoms with E-state index >= 15 is 0 Å². The van der Waals surface area contributed by atoms with Crippen LogP contribution in [0.2, 0.25) is 10.0 Å². The number of rotatable bonds is 10. The van der Waals surface area contributed by atoms with Crippen LogP contribution in [0.3, 0.4) is 0 Å². The van der Waals surface area contributed by atoms with Crippen LogP contribution in [0.5, 0.6) is 0 Å². The highest BCUT2D eigenvalue weighted by Crippen LogP contribution is 2.29. The first-order valence-electron chi connectivity index (χ1n) is 9.52. The molecule has 1 aromatic heterocycles. The predicted molar refractivity (Wildman–Crippen MR) is 119 cm³/mol. The van der Waals surface area contributed by atoms with Crippen LogP contribution in [0.4, 0.5) is 5.82 Å². The summed E-state index contributed by atoms with van der Waals surface area (Å²) in [6.45, 7) is 2.75. The van der Waals surface area contributed by atoms with Gasteiger partial charge in [0, 0.05) is 30.6 Å². The minimum Gasteiger partial charge on any atom is -0.395 e. The second-order valence-electron chi connectivity index (χ2n) is 6.61. The van der Waals surface area contributed by atoms with Gasteiger partial charge in [-0.3, -0.25) is 4.90 Å². The van der Waals surface area contributed by atoms with E-state index in [0.717, 1.165) is 35.2 Å². The first kappa shape index (κ1) is 21.7. The molecular formula is C21H24Cl2N4O2. The van der Waals surface area contributed by atoms with Crippen molar-refractivity contribution >= 4 is 39.9 Å². The molecule has 0 radical (unpaired) electrons. The van der Waals surface area contributed by atoms with Crippen LogP contribution in [0, 0.1) is 0 Å². The van der Waals surface area contributed by atoms with E-state index in [9.17, 15) is 0 Å². The van der Waals surface area contributed by atoms with Gasteiger partial charge >= 0.3 is 0 Å². The number of aliphatic hydroxyl groups is 2. The van der Waals surface area contributed by atoms with Crippen molar-refractivity contribution in [3.05, 3.63) is 52.5 Å². The van der Waals surface area contributed by atoms with Gasteiger partial charge in [-0.05, 0) is 43.3 Å². The number of benzene rings is 2. The second kappa shape index (κ2) is 10.7. The number of aliphatic hydroxyl groups excluding tert-OH is 2. The standard InChI is InChI=1S/C21H24Cl2N4O2/c22-17-7-6-15(14-18(17)23)20-25-19-5-2-1-4-16(19)21(26-20)24-8-3-9-27(10-12-28)11-13-29/h1-2,4-7,14,28-29H,3,8-13H2,(H,24,25,26). The first-order valence-corrected chi connectivity index (χ1v) is 10.3. The summed E-state index contributed by atoms with van der Waals surface area (Å²) in [6.07, 6.45) is 0.848. The topological polar surface area (TPSA) is 81.5 Å². The van der Waals surface area contributed by atoms with Gasteiger partial charge in [-0.1, -0.05) is 35.3 Å². The van der Waals surface area contributed by atoms with Gasteiger partial charge in [0.05, 0.1) is 28.8 Å². The Balaban J connectivity index is 1.78. The van der Waals surface area contributed by atoms with Gasteiger partial charge in [-0.25, -0.2) is 9.97 Å². The molecule has 154 valence electrons. The Hall–Kier alpha value is -1.96. The fourth-order valence-electron chi connectivity index (χ4n) is 3.10. The average molecular weight is 435 g/mol. The van der Waals surface area contributed by atoms with Gasteiger partial charge in [0.2, 0.25) is 0 Å². The number of hydrogen-bond acceptors (Lipinski definition) is 6. The maximum absolute atomic E-state index is 9.12. The van der Waals surface area contributed by atoms with Gasteiger partial charge < -0.3 is 15.5 Å². The van der Waals surface area contributed by atoms with Crippen LogP contribution in [0.1, 0.15) is 6.42 Å². The molecule has 0 spiro atoms. The zero-order valence-corrected chi connectivity index (χ0v) is 17.5. The van der Waals surface area contributed by atoms with E-state index in [0.29, 0.717) is 35.5 Å². The molecule has 3 N–H and O–H groups in total. The molecular weight excluding hydrogens is 411 g/mol. The largest absolute Gasteiger partial charge is 0.395 e. The fraction of sp³-hybridized carbons (Fsp3) is 0.333. The number of nitrogens with zero attached hydrogens (tertiary/aromatic N) is 3. The molecule has 0 aliphatic heterocycles. The Morgan fingerprint density at radius 3 is 2.38 bits per heavy atom. The highest BCUT2D eigenvalue weighted by Gasteiger charge is 2.11. The van der Waals surface area contributed by atoms with E-state index < -0.39 is 0 Å². The third kappa shape index (κ3) is 5.78. The minimum atomic E-state index is 0.0803. The maximum atomic E-state index is 9.12. The molecule has 0 fully saturated rings. The zero-order chi connectivity index (χ0) is 20.6. The molecule has 3 rings (SSSR count). The van der Waals surface area contributed by atoms with Gasteiger partial charge in [0.25, 0.3) is 0 Å². The zero-order valence-electron chi connectivity index (χ0n) is 16.0. The van der Waals surface area contributed by atoms with Crippen LogP contribution in [-0.2, 0) is 0 Å². The minimum absolute atomic E-state index is 0.0803. The van der Waals surface area contributed by atoms with E-state index in [-0.39, 0.29) is 13.2 Å². The summed E-state index contributed by atoms with van der Waals surface area (Å²) in [5.41, 5.74) is 1.64. The second-order valence-corrected chi connectivity index (χ2v) is 7.43. The van der Waals surface area contributed by atoms with Crippen molar-refractivity contribution in [1.29, 1.82) is 0 Å². The SMILES string of the molecule is OCCN(CCO)CCCNc1nc(-c2ccc(Cl)c(Cl)c2)nc2ccccc12. The van der Waals surface area contributed by atoms with Crippen molar-refractivity contribution in [1.82, 2.24) is 14.9 Å². The van der Waals surface area contributed by atoms with Gasteiger partial charge in [0.15, 0.2) is 5.82 Å². The summed E-state index contributed by atoms with van der Waals surface area (Å²) in [7, 11) is 0. The summed E-state index contributed by atoms with van der Waals surface area (Å²) < 4.78 is 0. The molecule has 8 heteroatoms. The molecule has 0 unspecified atom stereocenters. The molecule has 6 nitrogen and oxygen atoms in total. The Kier molecular flexibility index (Phi) is 8.03. The molecule has 0 bridgehead atoms. The lowest BCUT2D eigenvalue weighted by atomic mass is 10.2. The van der Waals surface area contributed by atoms with Gasteiger partial charge in [0.1, 0.15) is 5.82 Å². The van der Waals surface area contributed by atoms with E-state index in [1.54, 1.807) is 12.1 Å². The molecule has 3 aromatic rings. The number of anilines is 1. The number of fused-ring (bicyclic) bond motifs is 1. The number of nitrogens with one attached hydrogen (secondary N) is 1. The van der Waals surface area contributed by atoms with Crippen molar-refractivity contribution in [3.63, 3.8) is 0 Å². The lowest BCUT2D eigenvalue weighted by molar-refractivity contribution is 0.161. The van der Waals surface area contributed by atoms with Crippen molar-refractivity contribution in [2.24, 2.45) is 0 Å². The van der Waals surface area contributed by atoms with Gasteiger partial charge in [-0.15, -0.1) is 0 Å². The molecule has 0 saturated carbocycles. The lowest BCUT2D eigenvalue weighted by Crippen LogP contribution is -2.31. The molecule has 0 saturated heterocycles. The number of hydrogen-bond donors (Lipinski definition) is 3. The number of aromatic nitrogens is 2. The van der Waals surface area contributed by atoms with Crippen molar-refractivity contribution in [2.45, 2.75) is 6.42 Å². The van der Waals surface area contributed by atoms with Crippen LogP contribution in [-0.4, -0.2) is 64.5 Å². The summed E-state index contributed by atoms with van der Waals surface area (Å²) in [4.78, 5) is 11.4. The van der Waals surface area contributed by atoms with E-state index in [4.69, 9.17) is 38.4 Å². The molecule has 1 heterocycles. The van der Waals surface area contributed by atoms with E-state index in [2.05, 4.69) is 10.3 Å². The van der Waals surface area contributed by atoms with Crippen LogP contribution >= 0.6 is 23.2 Å². The molecule has 2 aromatic carbocycles. The van der Waals surface area contributed by atoms with Crippen LogP contribution < -0.4 is 5.32 Å². The summed E-state index contributed by atoms with van der Waals surface area (Å²) in [5, 5.41) is 23.5. The highest BCUT2D eigenvalue weighted by molar-refractivity contribution is 6.42. The Bertz CT molecular complexity index is 949. The monoisotopic (exact) mass is 434 g/mol. The van der Waals surface area contributed by atoms with Crippen LogP contribution in [0.25, 0.3) is 22.3 Å². The third-order valence-corrected chi connectivity index (χ3v) is 5.30. The highest BCUT2D eigenvalue weighted by atomic mass is 35.5. The Morgan fingerprint density at radius 1 is 0.897 bits per heavy atom. The Labute approximate surface area is 180 Å². The van der Waals surface area contributed by atoms with E-state index in [1.165, 1.54) is 0 Å². The maximum Gasteiger partial charge on any atom is 0.162 e. The first-order chi connectivity index (χ1) is 14.1. The molecule has 0 aliphatic carbocycles. The summed E-state index contributed by atoms with van der Waals surface area (Å²) in [5.74, 6) is 1.33. The molecule has 0 amide bonds. The molecule has 0 aliphatic rings. The van der Waals surface area contributed by atoms with Crippen molar-refractivity contribution in [3.8, 4) is 11.4 Å². The summed E-state index contributed by atoms with van der Waals surface area (Å²) >= 11 is 12.2. The third-order valence-electron chi connectivity index (χ3n) is 4.56. The van der Waals surface area contributed by atoms with Gasteiger partial charge in [-0.2, -0.15) is 0 Å². The number of halogens is 2. The predicted octanol–water partition coefficient (Wildman–Crippen LogP) is 3.69. The smallest absolute Gasteiger partial charge is 0.162 e. The lowest BCUT2D eigenvalue weighted by Gasteiger charge is -2.20. The average Bonchev–Trinajstić information content (AvgIpc) is 2.73. The molecule has 0 atom stereocenters. The van der Waals surface area contributed by atoms with Crippen molar-refractivity contribution < 1.29 is 10.2 Å². The quantitative estimate of drug-likeness (QED) is 0.422.